The Morgan fingerprint density at radius 3 is 2.46 bits per heavy atom. The van der Waals surface area contributed by atoms with Crippen molar-refractivity contribution in [1.82, 2.24) is 0 Å². The average molecular weight is 206 g/mol. The largest absolute Gasteiger partial charge is 0.330 e. The Kier molecular flexibility index (Phi) is 3.22. The summed E-state index contributed by atoms with van der Waals surface area (Å²) in [7, 11) is 0. The van der Waals surface area contributed by atoms with E-state index in [1.54, 1.807) is 6.92 Å². The van der Waals surface area contributed by atoms with Gasteiger partial charge in [0, 0.05) is 5.56 Å². The summed E-state index contributed by atoms with van der Waals surface area (Å²) in [6.45, 7) is 1.93. The van der Waals surface area contributed by atoms with Crippen LogP contribution in [0.5, 0.6) is 0 Å². The minimum Gasteiger partial charge on any atom is -0.330 e. The summed E-state index contributed by atoms with van der Waals surface area (Å²) in [6, 6.07) is 2.06. The molecule has 1 unspecified atom stereocenters. The quantitative estimate of drug-likeness (QED) is 0.739. The SMILES string of the molecule is CC(CN)c1c(F)ccc(F)c1Cl. The number of hydrogen-bond acceptors (Lipinski definition) is 1. The lowest BCUT2D eigenvalue weighted by Gasteiger charge is -2.12. The van der Waals surface area contributed by atoms with Crippen LogP contribution >= 0.6 is 11.6 Å². The molecule has 0 fully saturated rings. The van der Waals surface area contributed by atoms with Crippen LogP contribution in [0, 0.1) is 11.6 Å². The highest BCUT2D eigenvalue weighted by Gasteiger charge is 2.16. The minimum absolute atomic E-state index is 0.157. The molecule has 0 bridgehead atoms. The van der Waals surface area contributed by atoms with Gasteiger partial charge in [-0.15, -0.1) is 0 Å². The maximum atomic E-state index is 13.2. The molecular formula is C9H10ClF2N. The van der Waals surface area contributed by atoms with E-state index < -0.39 is 11.6 Å². The van der Waals surface area contributed by atoms with Gasteiger partial charge in [-0.05, 0) is 24.6 Å². The van der Waals surface area contributed by atoms with E-state index in [0.717, 1.165) is 12.1 Å². The normalized spacial score (nSPS) is 13.0. The maximum Gasteiger partial charge on any atom is 0.142 e. The Morgan fingerprint density at radius 2 is 1.92 bits per heavy atom. The smallest absolute Gasteiger partial charge is 0.142 e. The summed E-state index contributed by atoms with van der Waals surface area (Å²) in [6.07, 6.45) is 0. The lowest BCUT2D eigenvalue weighted by atomic mass is 10.0. The van der Waals surface area contributed by atoms with Gasteiger partial charge in [0.25, 0.3) is 0 Å². The van der Waals surface area contributed by atoms with E-state index in [9.17, 15) is 8.78 Å². The summed E-state index contributed by atoms with van der Waals surface area (Å²) in [5.74, 6) is -1.40. The predicted molar refractivity (Wildman–Crippen MR) is 48.8 cm³/mol. The molecule has 0 saturated heterocycles. The molecule has 0 aromatic heterocycles. The van der Waals surface area contributed by atoms with Gasteiger partial charge in [-0.2, -0.15) is 0 Å². The topological polar surface area (TPSA) is 26.0 Å². The average Bonchev–Trinajstić information content (AvgIpc) is 2.12. The molecule has 0 aliphatic heterocycles. The summed E-state index contributed by atoms with van der Waals surface area (Å²) in [4.78, 5) is 0. The van der Waals surface area contributed by atoms with Crippen molar-refractivity contribution in [3.8, 4) is 0 Å². The molecule has 0 saturated carbocycles. The Hall–Kier alpha value is -0.670. The van der Waals surface area contributed by atoms with Crippen LogP contribution < -0.4 is 5.73 Å². The number of halogens is 3. The molecule has 0 heterocycles. The first-order valence-corrected chi connectivity index (χ1v) is 4.29. The second-order valence-electron chi connectivity index (χ2n) is 2.89. The van der Waals surface area contributed by atoms with E-state index in [0.29, 0.717) is 0 Å². The maximum absolute atomic E-state index is 13.2. The minimum atomic E-state index is -0.613. The van der Waals surface area contributed by atoms with Crippen molar-refractivity contribution in [2.75, 3.05) is 6.54 Å². The lowest BCUT2D eigenvalue weighted by molar-refractivity contribution is 0.570. The van der Waals surface area contributed by atoms with Gasteiger partial charge in [0.2, 0.25) is 0 Å². The molecule has 1 aromatic carbocycles. The van der Waals surface area contributed by atoms with Gasteiger partial charge >= 0.3 is 0 Å². The standard InChI is InChI=1S/C9H10ClF2N/c1-5(4-13)8-6(11)2-3-7(12)9(8)10/h2-3,5H,4,13H2,1H3. The molecule has 1 rings (SSSR count). The monoisotopic (exact) mass is 205 g/mol. The second-order valence-corrected chi connectivity index (χ2v) is 3.27. The number of hydrogen-bond donors (Lipinski definition) is 1. The fourth-order valence-corrected chi connectivity index (χ4v) is 1.45. The van der Waals surface area contributed by atoms with Crippen molar-refractivity contribution in [3.05, 3.63) is 34.4 Å². The molecular weight excluding hydrogens is 196 g/mol. The third-order valence-corrected chi connectivity index (χ3v) is 2.31. The van der Waals surface area contributed by atoms with Gasteiger partial charge in [0.15, 0.2) is 0 Å². The van der Waals surface area contributed by atoms with Crippen LogP contribution in [0.4, 0.5) is 8.78 Å². The van der Waals surface area contributed by atoms with Crippen LogP contribution in [0.25, 0.3) is 0 Å². The molecule has 1 nitrogen and oxygen atoms in total. The van der Waals surface area contributed by atoms with Crippen molar-refractivity contribution < 1.29 is 8.78 Å². The summed E-state index contributed by atoms with van der Waals surface area (Å²) >= 11 is 5.60. The first-order chi connectivity index (χ1) is 6.07. The summed E-state index contributed by atoms with van der Waals surface area (Å²) in [5.41, 5.74) is 5.50. The molecule has 4 heteroatoms. The van der Waals surface area contributed by atoms with Crippen molar-refractivity contribution in [2.45, 2.75) is 12.8 Å². The molecule has 13 heavy (non-hydrogen) atoms. The highest BCUT2D eigenvalue weighted by Crippen LogP contribution is 2.28. The van der Waals surface area contributed by atoms with E-state index >= 15 is 0 Å². The second kappa shape index (κ2) is 4.03. The third-order valence-electron chi connectivity index (χ3n) is 1.93. The first kappa shape index (κ1) is 10.4. The molecule has 0 amide bonds. The van der Waals surface area contributed by atoms with Gasteiger partial charge in [0.05, 0.1) is 5.02 Å². The summed E-state index contributed by atoms with van der Waals surface area (Å²) < 4.78 is 26.1. The third kappa shape index (κ3) is 1.98. The van der Waals surface area contributed by atoms with E-state index in [1.165, 1.54) is 0 Å². The zero-order valence-corrected chi connectivity index (χ0v) is 7.91. The summed E-state index contributed by atoms with van der Waals surface area (Å²) in [5, 5.41) is -0.169. The van der Waals surface area contributed by atoms with Gasteiger partial charge in [-0.25, -0.2) is 8.78 Å². The molecule has 1 aromatic rings. The van der Waals surface area contributed by atoms with Crippen LogP contribution in [-0.2, 0) is 0 Å². The molecule has 0 spiro atoms. The van der Waals surface area contributed by atoms with E-state index in [2.05, 4.69) is 0 Å². The van der Waals surface area contributed by atoms with E-state index in [1.807, 2.05) is 0 Å². The van der Waals surface area contributed by atoms with Crippen LogP contribution in [0.3, 0.4) is 0 Å². The zero-order chi connectivity index (χ0) is 10.0. The fourth-order valence-electron chi connectivity index (χ4n) is 1.11. The Balaban J connectivity index is 3.25. The van der Waals surface area contributed by atoms with Crippen LogP contribution in [0.1, 0.15) is 18.4 Å². The first-order valence-electron chi connectivity index (χ1n) is 3.91. The highest BCUT2D eigenvalue weighted by atomic mass is 35.5. The van der Waals surface area contributed by atoms with Crippen molar-refractivity contribution in [3.63, 3.8) is 0 Å². The van der Waals surface area contributed by atoms with Gasteiger partial charge in [-0.1, -0.05) is 18.5 Å². The molecule has 0 radical (unpaired) electrons. The molecule has 0 aliphatic carbocycles. The Labute approximate surface area is 80.5 Å². The van der Waals surface area contributed by atoms with Gasteiger partial charge < -0.3 is 5.73 Å². The zero-order valence-electron chi connectivity index (χ0n) is 7.15. The van der Waals surface area contributed by atoms with Crippen molar-refractivity contribution in [1.29, 1.82) is 0 Å². The Morgan fingerprint density at radius 1 is 1.38 bits per heavy atom. The van der Waals surface area contributed by atoms with Crippen LogP contribution in [0.15, 0.2) is 12.1 Å². The predicted octanol–water partition coefficient (Wildman–Crippen LogP) is 2.68. The van der Waals surface area contributed by atoms with Crippen LogP contribution in [0.2, 0.25) is 5.02 Å². The van der Waals surface area contributed by atoms with Crippen molar-refractivity contribution in [2.24, 2.45) is 5.73 Å². The van der Waals surface area contributed by atoms with Crippen molar-refractivity contribution >= 4 is 11.6 Å². The van der Waals surface area contributed by atoms with E-state index in [4.69, 9.17) is 17.3 Å². The molecule has 0 aliphatic rings. The highest BCUT2D eigenvalue weighted by molar-refractivity contribution is 6.31. The van der Waals surface area contributed by atoms with Gasteiger partial charge in [-0.3, -0.25) is 0 Å². The van der Waals surface area contributed by atoms with E-state index in [-0.39, 0.29) is 23.0 Å². The molecule has 1 atom stereocenters. The van der Waals surface area contributed by atoms with Crippen LogP contribution in [-0.4, -0.2) is 6.54 Å². The Bertz CT molecular complexity index is 315. The molecule has 72 valence electrons. The number of rotatable bonds is 2. The lowest BCUT2D eigenvalue weighted by Crippen LogP contribution is -2.11. The number of benzene rings is 1. The number of nitrogens with two attached hydrogens (primary N) is 1. The fraction of sp³-hybridized carbons (Fsp3) is 0.333. The molecule has 2 N–H and O–H groups in total. The van der Waals surface area contributed by atoms with Gasteiger partial charge in [0.1, 0.15) is 11.6 Å².